The standard InChI is InChI=1S/C14H24N2O/c1-12-4-3-8-16(11-12)9-7-15-10-14-6-5-13(2)17-14/h5-6,12,15H,3-4,7-11H2,1-2H3. The van der Waals surface area contributed by atoms with Gasteiger partial charge in [0.15, 0.2) is 0 Å². The molecule has 3 nitrogen and oxygen atoms in total. The second-order valence-electron chi connectivity index (χ2n) is 5.24. The molecule has 1 N–H and O–H groups in total. The topological polar surface area (TPSA) is 28.4 Å². The van der Waals surface area contributed by atoms with Crippen molar-refractivity contribution in [3.63, 3.8) is 0 Å². The van der Waals surface area contributed by atoms with Gasteiger partial charge in [-0.2, -0.15) is 0 Å². The third-order valence-electron chi connectivity index (χ3n) is 3.44. The lowest BCUT2D eigenvalue weighted by atomic mass is 10.0. The Morgan fingerprint density at radius 3 is 3.06 bits per heavy atom. The van der Waals surface area contributed by atoms with Crippen LogP contribution in [-0.4, -0.2) is 31.1 Å². The van der Waals surface area contributed by atoms with Gasteiger partial charge in [0.1, 0.15) is 11.5 Å². The number of rotatable bonds is 5. The van der Waals surface area contributed by atoms with Gasteiger partial charge in [-0.15, -0.1) is 0 Å². The van der Waals surface area contributed by atoms with Crippen LogP contribution in [0.15, 0.2) is 16.5 Å². The number of likely N-dealkylation sites (tertiary alicyclic amines) is 1. The minimum absolute atomic E-state index is 0.844. The number of piperidine rings is 1. The first-order chi connectivity index (χ1) is 8.24. The van der Waals surface area contributed by atoms with Gasteiger partial charge in [-0.1, -0.05) is 6.92 Å². The van der Waals surface area contributed by atoms with Crippen molar-refractivity contribution < 1.29 is 4.42 Å². The first kappa shape index (κ1) is 12.7. The Hall–Kier alpha value is -0.800. The van der Waals surface area contributed by atoms with E-state index in [1.54, 1.807) is 0 Å². The Bertz CT molecular complexity index is 335. The van der Waals surface area contributed by atoms with E-state index in [0.717, 1.165) is 37.1 Å². The third-order valence-corrected chi connectivity index (χ3v) is 3.44. The van der Waals surface area contributed by atoms with E-state index < -0.39 is 0 Å². The van der Waals surface area contributed by atoms with E-state index in [2.05, 4.69) is 17.1 Å². The van der Waals surface area contributed by atoms with Gasteiger partial charge in [0.2, 0.25) is 0 Å². The lowest BCUT2D eigenvalue weighted by Gasteiger charge is -2.30. The van der Waals surface area contributed by atoms with Gasteiger partial charge in [0, 0.05) is 19.6 Å². The molecule has 1 aromatic rings. The van der Waals surface area contributed by atoms with Crippen molar-refractivity contribution in [3.05, 3.63) is 23.7 Å². The highest BCUT2D eigenvalue weighted by molar-refractivity contribution is 5.05. The molecule has 0 radical (unpaired) electrons. The zero-order valence-corrected chi connectivity index (χ0v) is 11.0. The largest absolute Gasteiger partial charge is 0.465 e. The van der Waals surface area contributed by atoms with Crippen molar-refractivity contribution in [2.75, 3.05) is 26.2 Å². The van der Waals surface area contributed by atoms with Crippen molar-refractivity contribution in [1.29, 1.82) is 0 Å². The van der Waals surface area contributed by atoms with Crippen molar-refractivity contribution in [2.45, 2.75) is 33.2 Å². The fourth-order valence-electron chi connectivity index (χ4n) is 2.52. The summed E-state index contributed by atoms with van der Waals surface area (Å²) in [6.07, 6.45) is 2.76. The number of aryl methyl sites for hydroxylation is 1. The predicted molar refractivity (Wildman–Crippen MR) is 70.0 cm³/mol. The predicted octanol–water partition coefficient (Wildman–Crippen LogP) is 2.41. The molecule has 1 unspecified atom stereocenters. The molecule has 2 rings (SSSR count). The van der Waals surface area contributed by atoms with Crippen LogP contribution in [0.5, 0.6) is 0 Å². The van der Waals surface area contributed by atoms with Crippen LogP contribution in [0.1, 0.15) is 31.3 Å². The van der Waals surface area contributed by atoms with E-state index in [-0.39, 0.29) is 0 Å². The van der Waals surface area contributed by atoms with E-state index in [0.29, 0.717) is 0 Å². The molecule has 0 aliphatic carbocycles. The molecule has 0 amide bonds. The smallest absolute Gasteiger partial charge is 0.117 e. The first-order valence-corrected chi connectivity index (χ1v) is 6.72. The Balaban J connectivity index is 1.59. The summed E-state index contributed by atoms with van der Waals surface area (Å²) >= 11 is 0. The van der Waals surface area contributed by atoms with Crippen LogP contribution in [0, 0.1) is 12.8 Å². The molecule has 1 saturated heterocycles. The second-order valence-corrected chi connectivity index (χ2v) is 5.24. The van der Waals surface area contributed by atoms with Crippen LogP contribution in [0.4, 0.5) is 0 Å². The zero-order chi connectivity index (χ0) is 12.1. The van der Waals surface area contributed by atoms with E-state index in [1.807, 2.05) is 19.1 Å². The van der Waals surface area contributed by atoms with Gasteiger partial charge in [0.05, 0.1) is 6.54 Å². The zero-order valence-electron chi connectivity index (χ0n) is 11.0. The minimum atomic E-state index is 0.844. The fourth-order valence-corrected chi connectivity index (χ4v) is 2.52. The number of nitrogens with zero attached hydrogens (tertiary/aromatic N) is 1. The summed E-state index contributed by atoms with van der Waals surface area (Å²) in [5.41, 5.74) is 0. The van der Waals surface area contributed by atoms with Crippen LogP contribution in [0.2, 0.25) is 0 Å². The van der Waals surface area contributed by atoms with Crippen molar-refractivity contribution in [3.8, 4) is 0 Å². The summed E-state index contributed by atoms with van der Waals surface area (Å²) in [6.45, 7) is 9.92. The molecule has 0 bridgehead atoms. The molecule has 1 aliphatic heterocycles. The van der Waals surface area contributed by atoms with Gasteiger partial charge in [-0.3, -0.25) is 0 Å². The van der Waals surface area contributed by atoms with Crippen LogP contribution in [-0.2, 0) is 6.54 Å². The summed E-state index contributed by atoms with van der Waals surface area (Å²) in [5.74, 6) is 2.90. The summed E-state index contributed by atoms with van der Waals surface area (Å²) in [4.78, 5) is 2.56. The number of hydrogen-bond donors (Lipinski definition) is 1. The molecular formula is C14H24N2O. The maximum atomic E-state index is 5.52. The van der Waals surface area contributed by atoms with Crippen LogP contribution in [0.25, 0.3) is 0 Å². The molecule has 0 aromatic carbocycles. The highest BCUT2D eigenvalue weighted by Gasteiger charge is 2.15. The summed E-state index contributed by atoms with van der Waals surface area (Å²) in [6, 6.07) is 4.06. The van der Waals surface area contributed by atoms with Gasteiger partial charge in [-0.05, 0) is 44.4 Å². The first-order valence-electron chi connectivity index (χ1n) is 6.72. The van der Waals surface area contributed by atoms with E-state index >= 15 is 0 Å². The number of hydrogen-bond acceptors (Lipinski definition) is 3. The number of furan rings is 1. The van der Waals surface area contributed by atoms with Crippen molar-refractivity contribution >= 4 is 0 Å². The molecular weight excluding hydrogens is 212 g/mol. The van der Waals surface area contributed by atoms with E-state index in [1.165, 1.54) is 25.9 Å². The molecule has 1 atom stereocenters. The van der Waals surface area contributed by atoms with Gasteiger partial charge < -0.3 is 14.6 Å². The minimum Gasteiger partial charge on any atom is -0.465 e. The molecule has 96 valence electrons. The third kappa shape index (κ3) is 4.17. The summed E-state index contributed by atoms with van der Waals surface area (Å²) in [5, 5.41) is 3.44. The molecule has 1 fully saturated rings. The Kier molecular flexibility index (Phi) is 4.63. The quantitative estimate of drug-likeness (QED) is 0.796. The Morgan fingerprint density at radius 1 is 1.47 bits per heavy atom. The second kappa shape index (κ2) is 6.22. The van der Waals surface area contributed by atoms with Gasteiger partial charge >= 0.3 is 0 Å². The maximum absolute atomic E-state index is 5.52. The normalized spacial score (nSPS) is 21.9. The van der Waals surface area contributed by atoms with Crippen LogP contribution >= 0.6 is 0 Å². The molecule has 0 saturated carbocycles. The molecule has 2 heterocycles. The molecule has 1 aliphatic rings. The monoisotopic (exact) mass is 236 g/mol. The van der Waals surface area contributed by atoms with Crippen LogP contribution < -0.4 is 5.32 Å². The Morgan fingerprint density at radius 2 is 2.35 bits per heavy atom. The van der Waals surface area contributed by atoms with Crippen LogP contribution in [0.3, 0.4) is 0 Å². The highest BCUT2D eigenvalue weighted by atomic mass is 16.3. The molecule has 1 aromatic heterocycles. The van der Waals surface area contributed by atoms with E-state index in [9.17, 15) is 0 Å². The van der Waals surface area contributed by atoms with Gasteiger partial charge in [0.25, 0.3) is 0 Å². The molecule has 3 heteroatoms. The molecule has 0 spiro atoms. The maximum Gasteiger partial charge on any atom is 0.117 e. The lowest BCUT2D eigenvalue weighted by Crippen LogP contribution is -2.38. The summed E-state index contributed by atoms with van der Waals surface area (Å²) < 4.78 is 5.52. The molecule has 17 heavy (non-hydrogen) atoms. The van der Waals surface area contributed by atoms with Crippen molar-refractivity contribution in [2.24, 2.45) is 5.92 Å². The Labute approximate surface area is 104 Å². The van der Waals surface area contributed by atoms with Crippen molar-refractivity contribution in [1.82, 2.24) is 10.2 Å². The highest BCUT2D eigenvalue weighted by Crippen LogP contribution is 2.14. The van der Waals surface area contributed by atoms with Gasteiger partial charge in [-0.25, -0.2) is 0 Å². The number of nitrogens with one attached hydrogen (secondary N) is 1. The average molecular weight is 236 g/mol. The van der Waals surface area contributed by atoms with E-state index in [4.69, 9.17) is 4.42 Å². The SMILES string of the molecule is Cc1ccc(CNCCN2CCCC(C)C2)o1. The summed E-state index contributed by atoms with van der Waals surface area (Å²) in [7, 11) is 0. The average Bonchev–Trinajstić information content (AvgIpc) is 2.71. The lowest BCUT2D eigenvalue weighted by molar-refractivity contribution is 0.184. The fraction of sp³-hybridized carbons (Fsp3) is 0.714.